The molecule has 30 heavy (non-hydrogen) atoms. The number of amides is 1. The Morgan fingerprint density at radius 2 is 1.93 bits per heavy atom. The molecule has 1 amide bonds. The highest BCUT2D eigenvalue weighted by Gasteiger charge is 2.22. The molecule has 0 aliphatic carbocycles. The molecule has 0 saturated carbocycles. The Balaban J connectivity index is 1.63. The highest BCUT2D eigenvalue weighted by molar-refractivity contribution is 7.22. The van der Waals surface area contributed by atoms with E-state index in [1.165, 1.54) is 11.3 Å². The van der Waals surface area contributed by atoms with Crippen LogP contribution in [0, 0.1) is 13.8 Å². The van der Waals surface area contributed by atoms with Gasteiger partial charge in [-0.05, 0) is 55.8 Å². The van der Waals surface area contributed by atoms with Crippen LogP contribution >= 0.6 is 22.9 Å². The molecule has 0 atom stereocenters. The molecule has 7 heteroatoms. The Hall–Kier alpha value is -2.96. The molecule has 2 heterocycles. The third-order valence-corrected chi connectivity index (χ3v) is 5.84. The van der Waals surface area contributed by atoms with Crippen LogP contribution in [0.4, 0.5) is 5.13 Å². The molecule has 0 bridgehead atoms. The molecule has 0 fully saturated rings. The van der Waals surface area contributed by atoms with Crippen molar-refractivity contribution in [2.75, 3.05) is 11.5 Å². The van der Waals surface area contributed by atoms with Crippen molar-refractivity contribution < 1.29 is 9.53 Å². The number of fused-ring (bicyclic) bond motifs is 1. The summed E-state index contributed by atoms with van der Waals surface area (Å²) < 4.78 is 6.66. The first-order valence-electron chi connectivity index (χ1n) is 9.46. The van der Waals surface area contributed by atoms with E-state index in [-0.39, 0.29) is 12.5 Å². The maximum Gasteiger partial charge on any atom is 0.267 e. The van der Waals surface area contributed by atoms with Crippen molar-refractivity contribution in [1.82, 2.24) is 9.97 Å². The number of halogens is 1. The molecule has 0 unspecified atom stereocenters. The van der Waals surface area contributed by atoms with E-state index in [0.29, 0.717) is 22.4 Å². The van der Waals surface area contributed by atoms with Crippen LogP contribution in [0.1, 0.15) is 16.8 Å². The smallest absolute Gasteiger partial charge is 0.267 e. The lowest BCUT2D eigenvalue weighted by atomic mass is 10.2. The van der Waals surface area contributed by atoms with Crippen molar-refractivity contribution in [1.29, 1.82) is 0 Å². The summed E-state index contributed by atoms with van der Waals surface area (Å²) in [6, 6.07) is 17.0. The number of ether oxygens (including phenoxy) is 1. The largest absolute Gasteiger partial charge is 0.484 e. The average molecular weight is 438 g/mol. The van der Waals surface area contributed by atoms with Crippen LogP contribution in [-0.4, -0.2) is 22.5 Å². The zero-order valence-corrected chi connectivity index (χ0v) is 18.2. The Morgan fingerprint density at radius 3 is 2.67 bits per heavy atom. The van der Waals surface area contributed by atoms with Gasteiger partial charge in [0.2, 0.25) is 0 Å². The summed E-state index contributed by atoms with van der Waals surface area (Å²) in [5.41, 5.74) is 3.72. The highest BCUT2D eigenvalue weighted by atomic mass is 35.5. The first-order chi connectivity index (χ1) is 14.5. The van der Waals surface area contributed by atoms with Gasteiger partial charge < -0.3 is 4.74 Å². The maximum absolute atomic E-state index is 13.1. The highest BCUT2D eigenvalue weighted by Crippen LogP contribution is 2.33. The van der Waals surface area contributed by atoms with Gasteiger partial charge >= 0.3 is 0 Å². The Bertz CT molecular complexity index is 1180. The second-order valence-electron chi connectivity index (χ2n) is 6.97. The van der Waals surface area contributed by atoms with Gasteiger partial charge in [0.05, 0.1) is 22.5 Å². The quantitative estimate of drug-likeness (QED) is 0.395. The Kier molecular flexibility index (Phi) is 5.97. The number of benzene rings is 2. The number of nitrogens with zero attached hydrogens (tertiary/aromatic N) is 3. The summed E-state index contributed by atoms with van der Waals surface area (Å²) in [5.74, 6) is 0.461. The van der Waals surface area contributed by atoms with Crippen LogP contribution in [0.3, 0.4) is 0 Å². The summed E-state index contributed by atoms with van der Waals surface area (Å²) in [6.45, 7) is 4.18. The molecule has 4 rings (SSSR count). The minimum Gasteiger partial charge on any atom is -0.484 e. The number of anilines is 1. The van der Waals surface area contributed by atoms with E-state index in [1.54, 1.807) is 11.1 Å². The molecule has 152 valence electrons. The maximum atomic E-state index is 13.1. The summed E-state index contributed by atoms with van der Waals surface area (Å²) >= 11 is 7.63. The van der Waals surface area contributed by atoms with E-state index in [9.17, 15) is 4.79 Å². The molecule has 2 aromatic carbocycles. The van der Waals surface area contributed by atoms with E-state index in [1.807, 2.05) is 68.4 Å². The average Bonchev–Trinajstić information content (AvgIpc) is 3.16. The van der Waals surface area contributed by atoms with E-state index in [4.69, 9.17) is 21.3 Å². The van der Waals surface area contributed by atoms with Crippen LogP contribution < -0.4 is 9.64 Å². The van der Waals surface area contributed by atoms with Gasteiger partial charge in [-0.15, -0.1) is 0 Å². The fraction of sp³-hybridized carbons (Fsp3) is 0.174. The standard InChI is InChI=1S/C23H20ClN3O2S/c1-15-6-8-19(9-7-15)29-14-21(28)27(13-18-5-3-4-10-25-18)23-26-22-16(2)11-17(24)12-20(22)30-23/h3-12H,13-14H2,1-2H3. The van der Waals surface area contributed by atoms with Gasteiger partial charge in [0.1, 0.15) is 5.75 Å². The van der Waals surface area contributed by atoms with Crippen LogP contribution in [0.2, 0.25) is 5.02 Å². The molecule has 0 aliphatic heterocycles. The fourth-order valence-corrected chi connectivity index (χ4v) is 4.47. The normalized spacial score (nSPS) is 10.9. The Labute approximate surface area is 183 Å². The molecule has 2 aromatic heterocycles. The van der Waals surface area contributed by atoms with Gasteiger partial charge in [-0.3, -0.25) is 14.7 Å². The number of carbonyl (C=O) groups is 1. The van der Waals surface area contributed by atoms with Crippen molar-refractivity contribution in [3.63, 3.8) is 0 Å². The van der Waals surface area contributed by atoms with Gasteiger partial charge in [-0.2, -0.15) is 0 Å². The van der Waals surface area contributed by atoms with Gasteiger partial charge in [-0.25, -0.2) is 4.98 Å². The van der Waals surface area contributed by atoms with Gasteiger partial charge in [0, 0.05) is 11.2 Å². The van der Waals surface area contributed by atoms with Crippen molar-refractivity contribution in [3.05, 3.63) is 82.6 Å². The molecular weight excluding hydrogens is 418 g/mol. The lowest BCUT2D eigenvalue weighted by molar-refractivity contribution is -0.120. The third kappa shape index (κ3) is 4.61. The van der Waals surface area contributed by atoms with Crippen LogP contribution in [0.5, 0.6) is 5.75 Å². The SMILES string of the molecule is Cc1ccc(OCC(=O)N(Cc2ccccn2)c2nc3c(C)cc(Cl)cc3s2)cc1. The molecule has 0 spiro atoms. The molecular formula is C23H20ClN3O2S. The zero-order valence-electron chi connectivity index (χ0n) is 16.6. The molecule has 5 nitrogen and oxygen atoms in total. The number of carbonyl (C=O) groups excluding carboxylic acids is 1. The first-order valence-corrected chi connectivity index (χ1v) is 10.7. The number of aryl methyl sites for hydroxylation is 2. The second-order valence-corrected chi connectivity index (χ2v) is 8.41. The topological polar surface area (TPSA) is 55.3 Å². The zero-order chi connectivity index (χ0) is 21.1. The number of hydrogen-bond donors (Lipinski definition) is 0. The second kappa shape index (κ2) is 8.81. The summed E-state index contributed by atoms with van der Waals surface area (Å²) in [7, 11) is 0. The number of hydrogen-bond acceptors (Lipinski definition) is 5. The van der Waals surface area contributed by atoms with Crippen molar-refractivity contribution in [2.45, 2.75) is 20.4 Å². The minimum atomic E-state index is -0.191. The molecule has 0 saturated heterocycles. The molecule has 0 radical (unpaired) electrons. The lowest BCUT2D eigenvalue weighted by Gasteiger charge is -2.19. The fourth-order valence-electron chi connectivity index (χ4n) is 3.03. The lowest BCUT2D eigenvalue weighted by Crippen LogP contribution is -2.34. The molecule has 0 N–H and O–H groups in total. The monoisotopic (exact) mass is 437 g/mol. The summed E-state index contributed by atoms with van der Waals surface area (Å²) in [4.78, 5) is 23.8. The molecule has 4 aromatic rings. The number of rotatable bonds is 6. The number of pyridine rings is 1. The van der Waals surface area contributed by atoms with Gasteiger partial charge in [-0.1, -0.05) is 46.7 Å². The first kappa shape index (κ1) is 20.3. The molecule has 0 aliphatic rings. The van der Waals surface area contributed by atoms with E-state index < -0.39 is 0 Å². The van der Waals surface area contributed by atoms with Crippen molar-refractivity contribution in [3.8, 4) is 5.75 Å². The number of thiazole rings is 1. The van der Waals surface area contributed by atoms with Crippen molar-refractivity contribution >= 4 is 44.2 Å². The van der Waals surface area contributed by atoms with Crippen molar-refractivity contribution in [2.24, 2.45) is 0 Å². The number of aromatic nitrogens is 2. The third-order valence-electron chi connectivity index (χ3n) is 4.60. The van der Waals surface area contributed by atoms with E-state index in [0.717, 1.165) is 27.0 Å². The Morgan fingerprint density at radius 1 is 1.13 bits per heavy atom. The van der Waals surface area contributed by atoms with Crippen LogP contribution in [0.15, 0.2) is 60.8 Å². The van der Waals surface area contributed by atoms with Gasteiger partial charge in [0.15, 0.2) is 11.7 Å². The van der Waals surface area contributed by atoms with Crippen LogP contribution in [0.25, 0.3) is 10.2 Å². The van der Waals surface area contributed by atoms with E-state index >= 15 is 0 Å². The summed E-state index contributed by atoms with van der Waals surface area (Å²) in [6.07, 6.45) is 1.71. The predicted octanol–water partition coefficient (Wildman–Crippen LogP) is 5.57. The van der Waals surface area contributed by atoms with Crippen LogP contribution in [-0.2, 0) is 11.3 Å². The summed E-state index contributed by atoms with van der Waals surface area (Å²) in [5, 5.41) is 1.25. The predicted molar refractivity (Wildman–Crippen MR) is 121 cm³/mol. The van der Waals surface area contributed by atoms with Gasteiger partial charge in [0.25, 0.3) is 5.91 Å². The minimum absolute atomic E-state index is 0.0917. The van der Waals surface area contributed by atoms with E-state index in [2.05, 4.69) is 4.98 Å².